The van der Waals surface area contributed by atoms with Crippen LogP contribution in [0.15, 0.2) is 182 Å². The van der Waals surface area contributed by atoms with Gasteiger partial charge in [-0.3, -0.25) is 18.6 Å². The third kappa shape index (κ3) is 62.2. The number of unbranched alkanes of at least 4 members (excludes halogenated alkanes) is 11. The highest BCUT2D eigenvalue weighted by atomic mass is 31.2. The second kappa shape index (κ2) is 62.3. The lowest BCUT2D eigenvalue weighted by atomic mass is 10.1. The summed E-state index contributed by atoms with van der Waals surface area (Å²) in [5, 5.41) is 0. The van der Waals surface area contributed by atoms with Gasteiger partial charge in [0.1, 0.15) is 6.61 Å². The van der Waals surface area contributed by atoms with Crippen LogP contribution in [0, 0.1) is 0 Å². The maximum atomic E-state index is 12.7. The van der Waals surface area contributed by atoms with E-state index in [9.17, 15) is 19.0 Å². The largest absolute Gasteiger partial charge is 0.472 e. The van der Waals surface area contributed by atoms with E-state index in [0.29, 0.717) is 12.8 Å². The van der Waals surface area contributed by atoms with Gasteiger partial charge in [-0.15, -0.1) is 0 Å². The molecular formula is C69H108NO8P. The van der Waals surface area contributed by atoms with Crippen molar-refractivity contribution in [2.45, 2.75) is 213 Å². The molecule has 9 nitrogen and oxygen atoms in total. The number of hydrogen-bond donors (Lipinski definition) is 2. The van der Waals surface area contributed by atoms with Crippen molar-refractivity contribution in [2.75, 3.05) is 26.4 Å². The molecule has 0 radical (unpaired) electrons. The molecule has 0 aliphatic heterocycles. The van der Waals surface area contributed by atoms with Crippen LogP contribution in [0.2, 0.25) is 0 Å². The minimum absolute atomic E-state index is 0.0363. The summed E-state index contributed by atoms with van der Waals surface area (Å²) in [6.07, 6.45) is 93.7. The zero-order valence-corrected chi connectivity index (χ0v) is 50.2. The molecule has 10 heteroatoms. The molecule has 0 amide bonds. The second-order valence-electron chi connectivity index (χ2n) is 19.1. The van der Waals surface area contributed by atoms with Gasteiger partial charge < -0.3 is 20.1 Å². The number of carbonyl (C=O) groups is 2. The topological polar surface area (TPSA) is 134 Å². The van der Waals surface area contributed by atoms with Crippen LogP contribution in [-0.2, 0) is 32.7 Å². The highest BCUT2D eigenvalue weighted by molar-refractivity contribution is 7.47. The van der Waals surface area contributed by atoms with Gasteiger partial charge in [-0.1, -0.05) is 241 Å². The van der Waals surface area contributed by atoms with Crippen molar-refractivity contribution in [1.82, 2.24) is 0 Å². The number of hydrogen-bond acceptors (Lipinski definition) is 8. The molecular weight excluding hydrogens is 1000 g/mol. The Balaban J connectivity index is 4.12. The first-order valence-electron chi connectivity index (χ1n) is 30.3. The Labute approximate surface area is 482 Å². The highest BCUT2D eigenvalue weighted by Gasteiger charge is 2.26. The van der Waals surface area contributed by atoms with E-state index in [-0.39, 0.29) is 32.6 Å². The third-order valence-corrected chi connectivity index (χ3v) is 12.8. The Bertz CT molecular complexity index is 1940. The highest BCUT2D eigenvalue weighted by Crippen LogP contribution is 2.43. The SMILES string of the molecule is CC/C=C\C/C=C\C/C=C\C/C=C\C/C=C\C/C=C\C/C=C\C/C=C\C/C=C\C/C=C\CCCCCCC(=O)OC(COC(=O)CCCCCCCCC/C=C\C/C=C\C/C=C\C/C=C\C/C=C\CC)COP(=O)(O)OCCN. The molecule has 0 heterocycles. The van der Waals surface area contributed by atoms with E-state index in [4.69, 9.17) is 24.3 Å². The Kier molecular flexibility index (Phi) is 58.5. The van der Waals surface area contributed by atoms with Crippen LogP contribution in [-0.4, -0.2) is 49.3 Å². The molecule has 0 aliphatic rings. The summed E-state index contributed by atoms with van der Waals surface area (Å²) in [6, 6.07) is 0. The minimum atomic E-state index is -4.41. The van der Waals surface area contributed by atoms with Gasteiger partial charge in [-0.05, 0) is 135 Å². The normalized spacial score (nSPS) is 14.3. The van der Waals surface area contributed by atoms with E-state index >= 15 is 0 Å². The maximum Gasteiger partial charge on any atom is 0.472 e. The molecule has 0 spiro atoms. The van der Waals surface area contributed by atoms with Gasteiger partial charge in [0.05, 0.1) is 13.2 Å². The molecule has 0 saturated carbocycles. The van der Waals surface area contributed by atoms with Crippen LogP contribution in [0.4, 0.5) is 0 Å². The average molecular weight is 1110 g/mol. The van der Waals surface area contributed by atoms with Crippen molar-refractivity contribution in [1.29, 1.82) is 0 Å². The van der Waals surface area contributed by atoms with Gasteiger partial charge in [-0.25, -0.2) is 4.57 Å². The number of rotatable bonds is 54. The van der Waals surface area contributed by atoms with Crippen LogP contribution in [0.25, 0.3) is 0 Å². The van der Waals surface area contributed by atoms with Crippen molar-refractivity contribution in [2.24, 2.45) is 5.73 Å². The third-order valence-electron chi connectivity index (χ3n) is 11.8. The number of carbonyl (C=O) groups excluding carboxylic acids is 2. The lowest BCUT2D eigenvalue weighted by Gasteiger charge is -2.19. The van der Waals surface area contributed by atoms with Crippen molar-refractivity contribution >= 4 is 19.8 Å². The van der Waals surface area contributed by atoms with Gasteiger partial charge in [0.2, 0.25) is 0 Å². The molecule has 79 heavy (non-hydrogen) atoms. The monoisotopic (exact) mass is 1110 g/mol. The summed E-state index contributed by atoms with van der Waals surface area (Å²) < 4.78 is 33.0. The molecule has 442 valence electrons. The van der Waals surface area contributed by atoms with Gasteiger partial charge in [0.15, 0.2) is 6.10 Å². The van der Waals surface area contributed by atoms with Crippen molar-refractivity contribution in [3.05, 3.63) is 182 Å². The molecule has 0 aromatic rings. The van der Waals surface area contributed by atoms with Crippen LogP contribution in [0.1, 0.15) is 206 Å². The van der Waals surface area contributed by atoms with E-state index in [1.807, 2.05) is 0 Å². The lowest BCUT2D eigenvalue weighted by Crippen LogP contribution is -2.29. The van der Waals surface area contributed by atoms with E-state index in [1.165, 1.54) is 19.3 Å². The Morgan fingerprint density at radius 3 is 0.975 bits per heavy atom. The number of ether oxygens (including phenoxy) is 2. The second-order valence-corrected chi connectivity index (χ2v) is 20.6. The van der Waals surface area contributed by atoms with Crippen LogP contribution >= 0.6 is 7.82 Å². The summed E-state index contributed by atoms with van der Waals surface area (Å²) >= 11 is 0. The fourth-order valence-corrected chi connectivity index (χ4v) is 8.16. The number of nitrogens with two attached hydrogens (primary N) is 1. The van der Waals surface area contributed by atoms with Crippen molar-refractivity contribution < 1.29 is 37.6 Å². The predicted octanol–water partition coefficient (Wildman–Crippen LogP) is 19.6. The zero-order chi connectivity index (χ0) is 57.3. The van der Waals surface area contributed by atoms with Crippen molar-refractivity contribution in [3.8, 4) is 0 Å². The van der Waals surface area contributed by atoms with Crippen LogP contribution < -0.4 is 5.73 Å². The Morgan fingerprint density at radius 2 is 0.658 bits per heavy atom. The van der Waals surface area contributed by atoms with Gasteiger partial charge >= 0.3 is 19.8 Å². The first kappa shape index (κ1) is 74.1. The first-order valence-corrected chi connectivity index (χ1v) is 31.8. The van der Waals surface area contributed by atoms with Gasteiger partial charge in [0.25, 0.3) is 0 Å². The summed E-state index contributed by atoms with van der Waals surface area (Å²) in [5.41, 5.74) is 5.38. The number of allylic oxidation sites excluding steroid dienone is 30. The molecule has 0 aromatic heterocycles. The minimum Gasteiger partial charge on any atom is -0.462 e. The molecule has 2 unspecified atom stereocenters. The molecule has 0 rings (SSSR count). The molecule has 0 fully saturated rings. The fourth-order valence-electron chi connectivity index (χ4n) is 7.39. The summed E-state index contributed by atoms with van der Waals surface area (Å²) in [4.78, 5) is 35.2. The van der Waals surface area contributed by atoms with Crippen LogP contribution in [0.5, 0.6) is 0 Å². The van der Waals surface area contributed by atoms with Gasteiger partial charge in [-0.2, -0.15) is 0 Å². The number of phosphoric acid groups is 1. The number of phosphoric ester groups is 1. The quantitative estimate of drug-likeness (QED) is 0.0264. The van der Waals surface area contributed by atoms with Crippen LogP contribution in [0.3, 0.4) is 0 Å². The zero-order valence-electron chi connectivity index (χ0n) is 49.3. The molecule has 0 aliphatic carbocycles. The van der Waals surface area contributed by atoms with Gasteiger partial charge in [0, 0.05) is 19.4 Å². The number of esters is 2. The Hall–Kier alpha value is -4.89. The molecule has 0 aromatic carbocycles. The standard InChI is InChI=1S/C69H108NO8P/c1-3-5-7-9-11-13-15-17-19-21-23-25-27-28-29-30-31-32-33-34-35-36-37-38-40-42-44-46-48-50-52-54-56-58-60-62-69(72)78-67(66-77-79(73,74)76-64-63-70)65-75-68(71)61-59-57-55-53-51-49-47-45-43-41-39-26-24-22-20-18-16-14-12-10-8-6-4-2/h5-8,11-14,17-20,23-26,28-29,31-32,34-35,37-38,41-44,48,50,67H,3-4,9-10,15-16,21-22,27,30,33,36,39-40,45-47,49,51-66,70H2,1-2H3,(H,73,74)/b7-5-,8-6-,13-11-,14-12-,19-17-,20-18-,25-23-,26-24-,29-28-,32-31-,35-34-,38-37-,43-41-,44-42-,50-48-. The summed E-state index contributed by atoms with van der Waals surface area (Å²) in [6.45, 7) is 3.44. The predicted molar refractivity (Wildman–Crippen MR) is 339 cm³/mol. The molecule has 0 saturated heterocycles. The molecule has 0 bridgehead atoms. The molecule has 3 N–H and O–H groups in total. The van der Waals surface area contributed by atoms with E-state index in [1.54, 1.807) is 0 Å². The fraction of sp³-hybridized carbons (Fsp3) is 0.536. The summed E-state index contributed by atoms with van der Waals surface area (Å²) in [7, 11) is -4.41. The van der Waals surface area contributed by atoms with E-state index < -0.39 is 32.5 Å². The maximum absolute atomic E-state index is 12.7. The van der Waals surface area contributed by atoms with Crippen molar-refractivity contribution in [3.63, 3.8) is 0 Å². The smallest absolute Gasteiger partial charge is 0.462 e. The van der Waals surface area contributed by atoms with E-state index in [0.717, 1.165) is 148 Å². The van der Waals surface area contributed by atoms with E-state index in [2.05, 4.69) is 196 Å². The molecule has 2 atom stereocenters. The first-order chi connectivity index (χ1) is 38.8. The lowest BCUT2D eigenvalue weighted by molar-refractivity contribution is -0.161. The summed E-state index contributed by atoms with van der Waals surface area (Å²) in [5.74, 6) is -0.886. The average Bonchev–Trinajstić information content (AvgIpc) is 3.44. The Morgan fingerprint density at radius 1 is 0.380 bits per heavy atom.